The summed E-state index contributed by atoms with van der Waals surface area (Å²) in [5.74, 6) is -0.559. The maximum absolute atomic E-state index is 13.1. The Balaban J connectivity index is 2.54. The van der Waals surface area contributed by atoms with Crippen LogP contribution in [0, 0.1) is 0 Å². The van der Waals surface area contributed by atoms with Gasteiger partial charge in [0, 0.05) is 6.54 Å². The van der Waals surface area contributed by atoms with Crippen LogP contribution >= 0.6 is 0 Å². The lowest BCUT2D eigenvalue weighted by Crippen LogP contribution is -2.29. The number of esters is 1. The van der Waals surface area contributed by atoms with Gasteiger partial charge in [0.15, 0.2) is 0 Å². The summed E-state index contributed by atoms with van der Waals surface area (Å²) < 4.78 is 44.3. The zero-order valence-electron chi connectivity index (χ0n) is 11.6. The molecule has 1 N–H and O–H groups in total. The molecule has 0 bridgehead atoms. The maximum atomic E-state index is 13.1. The second-order valence-electron chi connectivity index (χ2n) is 4.65. The van der Waals surface area contributed by atoms with E-state index in [1.807, 2.05) is 0 Å². The number of ether oxygens (including phenoxy) is 1. The van der Waals surface area contributed by atoms with E-state index in [4.69, 9.17) is 4.74 Å². The zero-order valence-corrected chi connectivity index (χ0v) is 11.6. The Kier molecular flexibility index (Phi) is 4.67. The SMILES string of the molecule is CCOC(=O)C1=C(c2ccccc2C(F)(F)F)CCNC1. The molecule has 6 heteroatoms. The van der Waals surface area contributed by atoms with Gasteiger partial charge in [-0.2, -0.15) is 13.2 Å². The molecule has 0 saturated heterocycles. The van der Waals surface area contributed by atoms with Gasteiger partial charge in [-0.15, -0.1) is 0 Å². The predicted molar refractivity (Wildman–Crippen MR) is 72.5 cm³/mol. The van der Waals surface area contributed by atoms with E-state index in [1.165, 1.54) is 12.1 Å². The highest BCUT2D eigenvalue weighted by atomic mass is 19.4. The summed E-state index contributed by atoms with van der Waals surface area (Å²) in [4.78, 5) is 11.9. The Hall–Kier alpha value is -1.82. The average molecular weight is 299 g/mol. The fourth-order valence-electron chi connectivity index (χ4n) is 2.39. The van der Waals surface area contributed by atoms with E-state index >= 15 is 0 Å². The van der Waals surface area contributed by atoms with Crippen LogP contribution in [0.4, 0.5) is 13.2 Å². The minimum Gasteiger partial charge on any atom is -0.463 e. The maximum Gasteiger partial charge on any atom is 0.416 e. The first-order valence-corrected chi connectivity index (χ1v) is 6.71. The van der Waals surface area contributed by atoms with Gasteiger partial charge >= 0.3 is 12.1 Å². The molecule has 0 radical (unpaired) electrons. The van der Waals surface area contributed by atoms with Crippen LogP contribution in [0.25, 0.3) is 5.57 Å². The molecule has 1 aliphatic heterocycles. The van der Waals surface area contributed by atoms with Crippen LogP contribution in [0.3, 0.4) is 0 Å². The molecule has 114 valence electrons. The standard InChI is InChI=1S/C15H16F3NO2/c1-2-21-14(20)12-9-19-8-7-10(12)11-5-3-4-6-13(11)15(16,17)18/h3-6,19H,2,7-9H2,1H3. The molecule has 1 heterocycles. The molecule has 0 amide bonds. The molecule has 0 saturated carbocycles. The molecule has 1 aliphatic rings. The van der Waals surface area contributed by atoms with E-state index in [2.05, 4.69) is 5.32 Å². The summed E-state index contributed by atoms with van der Waals surface area (Å²) in [6.45, 7) is 2.61. The third-order valence-corrected chi connectivity index (χ3v) is 3.30. The van der Waals surface area contributed by atoms with Gasteiger partial charge in [-0.3, -0.25) is 0 Å². The Morgan fingerprint density at radius 1 is 1.33 bits per heavy atom. The predicted octanol–water partition coefficient (Wildman–Crippen LogP) is 3.02. The second-order valence-corrected chi connectivity index (χ2v) is 4.65. The van der Waals surface area contributed by atoms with Crippen molar-refractivity contribution in [1.29, 1.82) is 0 Å². The summed E-state index contributed by atoms with van der Waals surface area (Å²) in [5.41, 5.74) is 0.0400. The van der Waals surface area contributed by atoms with Crippen LogP contribution in [0.5, 0.6) is 0 Å². The van der Waals surface area contributed by atoms with E-state index in [9.17, 15) is 18.0 Å². The number of hydrogen-bond acceptors (Lipinski definition) is 3. The molecule has 0 spiro atoms. The zero-order chi connectivity index (χ0) is 15.5. The molecule has 2 rings (SSSR count). The van der Waals surface area contributed by atoms with Gasteiger partial charge in [0.1, 0.15) is 0 Å². The number of benzene rings is 1. The van der Waals surface area contributed by atoms with Crippen LogP contribution in [-0.2, 0) is 15.7 Å². The Morgan fingerprint density at radius 2 is 2.05 bits per heavy atom. The Labute approximate surface area is 120 Å². The molecular weight excluding hydrogens is 283 g/mol. The molecule has 0 atom stereocenters. The molecule has 21 heavy (non-hydrogen) atoms. The van der Waals surface area contributed by atoms with Crippen molar-refractivity contribution in [2.75, 3.05) is 19.7 Å². The summed E-state index contributed by atoms with van der Waals surface area (Å²) in [6, 6.07) is 5.33. The molecular formula is C15H16F3NO2. The fourth-order valence-corrected chi connectivity index (χ4v) is 2.39. The van der Waals surface area contributed by atoms with Gasteiger partial charge in [0.2, 0.25) is 0 Å². The topological polar surface area (TPSA) is 38.3 Å². The van der Waals surface area contributed by atoms with E-state index in [0.29, 0.717) is 18.5 Å². The lowest BCUT2D eigenvalue weighted by molar-refractivity contribution is -0.139. The van der Waals surface area contributed by atoms with Crippen molar-refractivity contribution < 1.29 is 22.7 Å². The Morgan fingerprint density at radius 3 is 2.71 bits per heavy atom. The number of carbonyl (C=O) groups excluding carboxylic acids is 1. The van der Waals surface area contributed by atoms with E-state index in [-0.39, 0.29) is 24.3 Å². The van der Waals surface area contributed by atoms with E-state index < -0.39 is 17.7 Å². The number of nitrogens with one attached hydrogen (secondary N) is 1. The van der Waals surface area contributed by atoms with Crippen molar-refractivity contribution in [2.45, 2.75) is 19.5 Å². The first-order chi connectivity index (χ1) is 9.95. The summed E-state index contributed by atoms with van der Waals surface area (Å²) in [5, 5.41) is 2.99. The van der Waals surface area contributed by atoms with Crippen molar-refractivity contribution in [3.63, 3.8) is 0 Å². The summed E-state index contributed by atoms with van der Waals surface area (Å²) in [7, 11) is 0. The van der Waals surface area contributed by atoms with Gasteiger partial charge in [-0.1, -0.05) is 18.2 Å². The first-order valence-electron chi connectivity index (χ1n) is 6.71. The Bertz CT molecular complexity index is 564. The number of hydrogen-bond donors (Lipinski definition) is 1. The minimum absolute atomic E-state index is 0.0644. The van der Waals surface area contributed by atoms with Gasteiger partial charge in [-0.25, -0.2) is 4.79 Å². The van der Waals surface area contributed by atoms with Crippen LogP contribution in [0.15, 0.2) is 29.8 Å². The normalized spacial score (nSPS) is 16.0. The average Bonchev–Trinajstić information content (AvgIpc) is 2.46. The van der Waals surface area contributed by atoms with Crippen LogP contribution in [0.1, 0.15) is 24.5 Å². The molecule has 0 aromatic heterocycles. The van der Waals surface area contributed by atoms with Gasteiger partial charge in [-0.05, 0) is 37.1 Å². The van der Waals surface area contributed by atoms with Crippen LogP contribution < -0.4 is 5.32 Å². The minimum atomic E-state index is -4.45. The molecule has 0 aliphatic carbocycles. The highest BCUT2D eigenvalue weighted by Crippen LogP contribution is 2.37. The number of alkyl halides is 3. The third-order valence-electron chi connectivity index (χ3n) is 3.30. The number of halogens is 3. The quantitative estimate of drug-likeness (QED) is 0.872. The number of rotatable bonds is 3. The smallest absolute Gasteiger partial charge is 0.416 e. The molecule has 0 fully saturated rings. The van der Waals surface area contributed by atoms with Crippen molar-refractivity contribution >= 4 is 11.5 Å². The van der Waals surface area contributed by atoms with Crippen molar-refractivity contribution in [2.24, 2.45) is 0 Å². The lowest BCUT2D eigenvalue weighted by atomic mass is 9.90. The largest absolute Gasteiger partial charge is 0.463 e. The third kappa shape index (κ3) is 3.44. The fraction of sp³-hybridized carbons (Fsp3) is 0.400. The molecule has 1 aromatic rings. The van der Waals surface area contributed by atoms with E-state index in [0.717, 1.165) is 6.07 Å². The number of carbonyl (C=O) groups is 1. The highest BCUT2D eigenvalue weighted by Gasteiger charge is 2.35. The van der Waals surface area contributed by atoms with Crippen molar-refractivity contribution in [1.82, 2.24) is 5.32 Å². The highest BCUT2D eigenvalue weighted by molar-refractivity contribution is 5.99. The first kappa shape index (κ1) is 15.6. The van der Waals surface area contributed by atoms with E-state index in [1.54, 1.807) is 13.0 Å². The molecule has 0 unspecified atom stereocenters. The van der Waals surface area contributed by atoms with Crippen LogP contribution in [-0.4, -0.2) is 25.7 Å². The van der Waals surface area contributed by atoms with Crippen molar-refractivity contribution in [3.8, 4) is 0 Å². The van der Waals surface area contributed by atoms with Crippen LogP contribution in [0.2, 0.25) is 0 Å². The monoisotopic (exact) mass is 299 g/mol. The summed E-state index contributed by atoms with van der Waals surface area (Å²) >= 11 is 0. The second kappa shape index (κ2) is 6.30. The van der Waals surface area contributed by atoms with Gasteiger partial charge in [0.05, 0.1) is 17.7 Å². The lowest BCUT2D eigenvalue weighted by Gasteiger charge is -2.23. The molecule has 1 aromatic carbocycles. The summed E-state index contributed by atoms with van der Waals surface area (Å²) in [6.07, 6.45) is -4.09. The molecule has 3 nitrogen and oxygen atoms in total. The van der Waals surface area contributed by atoms with Gasteiger partial charge < -0.3 is 10.1 Å². The van der Waals surface area contributed by atoms with Gasteiger partial charge in [0.25, 0.3) is 0 Å². The van der Waals surface area contributed by atoms with Crippen molar-refractivity contribution in [3.05, 3.63) is 41.0 Å².